The molecule has 0 saturated carbocycles. The summed E-state index contributed by atoms with van der Waals surface area (Å²) < 4.78 is 55.8. The maximum Gasteiger partial charge on any atom is 0.261 e. The second-order valence-corrected chi connectivity index (χ2v) is 10.3. The van der Waals surface area contributed by atoms with E-state index in [0.717, 1.165) is 17.7 Å². The minimum Gasteiger partial charge on any atom is -0.381 e. The number of anilines is 1. The zero-order valence-electron chi connectivity index (χ0n) is 22.4. The number of imidazole rings is 1. The monoisotopic (exact) mass is 556 g/mol. The van der Waals surface area contributed by atoms with Crippen molar-refractivity contribution in [3.8, 4) is 11.4 Å². The third kappa shape index (κ3) is 4.83. The van der Waals surface area contributed by atoms with E-state index in [1.165, 1.54) is 6.20 Å². The Morgan fingerprint density at radius 2 is 1.82 bits per heavy atom. The second kappa shape index (κ2) is 10.4. The van der Waals surface area contributed by atoms with Crippen molar-refractivity contribution < 1.29 is 22.4 Å². The average molecular weight is 557 g/mol. The van der Waals surface area contributed by atoms with E-state index in [2.05, 4.69) is 20.3 Å². The molecule has 1 amide bonds. The molecule has 1 unspecified atom stereocenters. The molecule has 1 aliphatic heterocycles. The number of rotatable bonds is 8. The summed E-state index contributed by atoms with van der Waals surface area (Å²) in [4.78, 5) is 40.2. The molecular weight excluding hydrogens is 528 g/mol. The van der Waals surface area contributed by atoms with E-state index in [1.807, 2.05) is 25.9 Å². The van der Waals surface area contributed by atoms with E-state index < -0.39 is 46.9 Å². The molecule has 0 radical (unpaired) electrons. The Hall–Kier alpha value is -4.19. The van der Waals surface area contributed by atoms with Gasteiger partial charge in [-0.1, -0.05) is 0 Å². The lowest BCUT2D eigenvalue weighted by Gasteiger charge is -2.18. The van der Waals surface area contributed by atoms with Crippen LogP contribution in [-0.2, 0) is 13.0 Å². The highest BCUT2D eigenvalue weighted by atomic mass is 19.2. The lowest BCUT2D eigenvalue weighted by molar-refractivity contribution is 0.0768. The first-order valence-electron chi connectivity index (χ1n) is 12.7. The molecule has 210 valence electrons. The topological polar surface area (TPSA) is 97.1 Å². The fourth-order valence-electron chi connectivity index (χ4n) is 5.06. The number of fused-ring (bicyclic) bond motifs is 2. The molecule has 0 fully saturated rings. The molecule has 3 N–H and O–H groups in total. The number of amides is 1. The molecule has 5 rings (SSSR count). The van der Waals surface area contributed by atoms with Crippen molar-refractivity contribution in [2.24, 2.45) is 0 Å². The van der Waals surface area contributed by atoms with Crippen LogP contribution in [0.5, 0.6) is 0 Å². The number of pyridine rings is 1. The van der Waals surface area contributed by atoms with Gasteiger partial charge >= 0.3 is 0 Å². The van der Waals surface area contributed by atoms with Gasteiger partial charge in [-0.2, -0.15) is 0 Å². The first-order chi connectivity index (χ1) is 19.0. The molecule has 0 saturated heterocycles. The number of aromatic amines is 2. The molecule has 2 aromatic carbocycles. The maximum atomic E-state index is 14.2. The van der Waals surface area contributed by atoms with Crippen LogP contribution < -0.4 is 10.9 Å². The van der Waals surface area contributed by atoms with Gasteiger partial charge in [-0.15, -0.1) is 0 Å². The molecule has 1 aliphatic rings. The summed E-state index contributed by atoms with van der Waals surface area (Å²) >= 11 is 0. The van der Waals surface area contributed by atoms with E-state index in [1.54, 1.807) is 24.0 Å². The van der Waals surface area contributed by atoms with Gasteiger partial charge in [0.1, 0.15) is 11.4 Å². The van der Waals surface area contributed by atoms with Gasteiger partial charge in [0.05, 0.1) is 16.7 Å². The van der Waals surface area contributed by atoms with Crippen molar-refractivity contribution in [3.63, 3.8) is 0 Å². The third-order valence-corrected chi connectivity index (χ3v) is 7.15. The van der Waals surface area contributed by atoms with Crippen LogP contribution in [0.1, 0.15) is 34.0 Å². The van der Waals surface area contributed by atoms with Gasteiger partial charge in [0.15, 0.2) is 23.3 Å². The van der Waals surface area contributed by atoms with Crippen molar-refractivity contribution in [2.75, 3.05) is 32.5 Å². The highest BCUT2D eigenvalue weighted by Gasteiger charge is 2.31. The minimum absolute atomic E-state index is 0.0695. The summed E-state index contributed by atoms with van der Waals surface area (Å²) in [7, 11) is 3.89. The highest BCUT2D eigenvalue weighted by molar-refractivity contribution is 6.03. The van der Waals surface area contributed by atoms with E-state index >= 15 is 0 Å². The van der Waals surface area contributed by atoms with Gasteiger partial charge in [-0.05, 0) is 57.6 Å². The molecule has 2 aromatic heterocycles. The van der Waals surface area contributed by atoms with Gasteiger partial charge in [-0.3, -0.25) is 9.59 Å². The Morgan fingerprint density at radius 1 is 1.12 bits per heavy atom. The third-order valence-electron chi connectivity index (χ3n) is 7.15. The number of aromatic nitrogens is 3. The van der Waals surface area contributed by atoms with Crippen LogP contribution in [-0.4, -0.2) is 63.9 Å². The van der Waals surface area contributed by atoms with Gasteiger partial charge in [0.25, 0.3) is 11.5 Å². The normalized spacial score (nSPS) is 13.9. The lowest BCUT2D eigenvalue weighted by Crippen LogP contribution is -2.31. The summed E-state index contributed by atoms with van der Waals surface area (Å²) in [6.07, 6.45) is 1.00. The van der Waals surface area contributed by atoms with Gasteiger partial charge in [0.2, 0.25) is 0 Å². The van der Waals surface area contributed by atoms with Gasteiger partial charge in [0, 0.05) is 49.1 Å². The van der Waals surface area contributed by atoms with E-state index in [9.17, 15) is 27.2 Å². The predicted octanol–water partition coefficient (Wildman–Crippen LogP) is 4.34. The number of nitrogens with zero attached hydrogens (tertiary/aromatic N) is 3. The SMILES string of the molecule is Cc1c2c(cc3[nH]c(-c4c(NC(C)Cc5c(F)c(F)cc(F)c5F)cc[nH]c4=O)nc13)C(=O)N(CCN(C)C)C2. The van der Waals surface area contributed by atoms with Crippen LogP contribution in [0.2, 0.25) is 0 Å². The van der Waals surface area contributed by atoms with Crippen LogP contribution in [0.4, 0.5) is 23.2 Å². The molecule has 40 heavy (non-hydrogen) atoms. The number of H-pyrrole nitrogens is 2. The first kappa shape index (κ1) is 27.4. The lowest BCUT2D eigenvalue weighted by atomic mass is 10.0. The predicted molar refractivity (Wildman–Crippen MR) is 143 cm³/mol. The van der Waals surface area contributed by atoms with Crippen molar-refractivity contribution in [2.45, 2.75) is 32.9 Å². The number of aryl methyl sites for hydroxylation is 1. The first-order valence-corrected chi connectivity index (χ1v) is 12.7. The van der Waals surface area contributed by atoms with Crippen molar-refractivity contribution in [1.29, 1.82) is 0 Å². The molecule has 3 heterocycles. The number of carbonyl (C=O) groups is 1. The van der Waals surface area contributed by atoms with E-state index in [0.29, 0.717) is 35.4 Å². The molecule has 12 heteroatoms. The molecule has 8 nitrogen and oxygen atoms in total. The van der Waals surface area contributed by atoms with Gasteiger partial charge < -0.3 is 25.1 Å². The Balaban J connectivity index is 1.47. The van der Waals surface area contributed by atoms with Crippen LogP contribution >= 0.6 is 0 Å². The number of hydrogen-bond donors (Lipinski definition) is 3. The van der Waals surface area contributed by atoms with E-state index in [4.69, 9.17) is 0 Å². The second-order valence-electron chi connectivity index (χ2n) is 10.3. The number of hydrogen-bond acceptors (Lipinski definition) is 5. The van der Waals surface area contributed by atoms with Crippen LogP contribution in [0.25, 0.3) is 22.4 Å². The minimum atomic E-state index is -1.48. The number of carbonyl (C=O) groups excluding carboxylic acids is 1. The van der Waals surface area contributed by atoms with Gasteiger partial charge in [-0.25, -0.2) is 22.5 Å². The highest BCUT2D eigenvalue weighted by Crippen LogP contribution is 2.33. The number of halogens is 4. The smallest absolute Gasteiger partial charge is 0.261 e. The van der Waals surface area contributed by atoms with Crippen molar-refractivity contribution in [3.05, 3.63) is 80.3 Å². The Morgan fingerprint density at radius 3 is 2.50 bits per heavy atom. The molecular formula is C28H28F4N6O2. The average Bonchev–Trinajstić information content (AvgIpc) is 3.46. The Kier molecular flexibility index (Phi) is 7.13. The Labute approximate surface area is 227 Å². The molecule has 0 bridgehead atoms. The Bertz CT molecular complexity index is 1670. The van der Waals surface area contributed by atoms with Crippen LogP contribution in [0.15, 0.2) is 29.2 Å². The summed E-state index contributed by atoms with van der Waals surface area (Å²) in [5, 5.41) is 3.01. The fourth-order valence-corrected chi connectivity index (χ4v) is 5.06. The summed E-state index contributed by atoms with van der Waals surface area (Å²) in [5.41, 5.74) is 2.69. The van der Waals surface area contributed by atoms with Crippen molar-refractivity contribution >= 4 is 22.6 Å². The summed E-state index contributed by atoms with van der Waals surface area (Å²) in [5.74, 6) is -5.74. The van der Waals surface area contributed by atoms with Crippen LogP contribution in [0, 0.1) is 30.2 Å². The summed E-state index contributed by atoms with van der Waals surface area (Å²) in [6.45, 7) is 5.24. The molecule has 4 aromatic rings. The summed E-state index contributed by atoms with van der Waals surface area (Å²) in [6, 6.07) is 2.73. The molecule has 0 spiro atoms. The number of likely N-dealkylation sites (N-methyl/N-ethyl adjacent to an activating group) is 1. The van der Waals surface area contributed by atoms with Crippen molar-refractivity contribution in [1.82, 2.24) is 24.8 Å². The largest absolute Gasteiger partial charge is 0.381 e. The zero-order valence-corrected chi connectivity index (χ0v) is 22.4. The zero-order chi connectivity index (χ0) is 28.9. The van der Waals surface area contributed by atoms with E-state index in [-0.39, 0.29) is 23.4 Å². The number of benzene rings is 2. The molecule has 1 atom stereocenters. The standard InChI is InChI=1S/C28H28F4N6O2/c1-13(9-16-23(31)18(29)11-19(30)24(16)32)34-20-5-6-33-27(39)22(20)26-35-21-10-15-17(14(2)25(21)36-26)12-38(28(15)40)8-7-37(3)4/h5-6,10-11,13H,7-9,12H2,1-4H3,(H,35,36)(H2,33,34,39). The quantitative estimate of drug-likeness (QED) is 0.222. The van der Waals surface area contributed by atoms with Crippen LogP contribution in [0.3, 0.4) is 0 Å². The molecule has 0 aliphatic carbocycles. The maximum absolute atomic E-state index is 14.2. The fraction of sp³-hybridized carbons (Fsp3) is 0.321. The number of nitrogens with one attached hydrogen (secondary N) is 3.